The summed E-state index contributed by atoms with van der Waals surface area (Å²) in [7, 11) is 0. The summed E-state index contributed by atoms with van der Waals surface area (Å²) in [6.45, 7) is 0. The second kappa shape index (κ2) is 7.47. The number of pyridine rings is 1. The Balaban J connectivity index is 1.76. The number of carbonyl (C=O) groups excluding carboxylic acids is 1. The fourth-order valence-corrected chi connectivity index (χ4v) is 2.42. The van der Waals surface area contributed by atoms with E-state index in [4.69, 9.17) is 16.9 Å². The number of benzene rings is 2. The number of carbonyl (C=O) groups is 1. The zero-order chi connectivity index (χ0) is 17.6. The summed E-state index contributed by atoms with van der Waals surface area (Å²) in [5.41, 5.74) is 2.87. The third-order valence-corrected chi connectivity index (χ3v) is 3.59. The Hall–Kier alpha value is -3.36. The molecule has 1 amide bonds. The first-order valence-corrected chi connectivity index (χ1v) is 7.82. The van der Waals surface area contributed by atoms with Crippen molar-refractivity contribution >= 4 is 34.6 Å². The van der Waals surface area contributed by atoms with Crippen LogP contribution >= 0.6 is 11.6 Å². The van der Waals surface area contributed by atoms with Gasteiger partial charge in [-0.05, 0) is 48.5 Å². The van der Waals surface area contributed by atoms with E-state index in [1.165, 1.54) is 0 Å². The van der Waals surface area contributed by atoms with Crippen molar-refractivity contribution in [2.24, 2.45) is 0 Å². The Morgan fingerprint density at radius 3 is 2.56 bits per heavy atom. The van der Waals surface area contributed by atoms with Gasteiger partial charge in [-0.25, -0.2) is 0 Å². The van der Waals surface area contributed by atoms with Gasteiger partial charge in [0.05, 0.1) is 11.6 Å². The molecule has 5 nitrogen and oxygen atoms in total. The van der Waals surface area contributed by atoms with Crippen molar-refractivity contribution in [2.45, 2.75) is 0 Å². The summed E-state index contributed by atoms with van der Waals surface area (Å²) in [5.74, 6) is -0.336. The lowest BCUT2D eigenvalue weighted by Crippen LogP contribution is -2.13. The topological polar surface area (TPSA) is 77.8 Å². The van der Waals surface area contributed by atoms with E-state index in [-0.39, 0.29) is 11.6 Å². The van der Waals surface area contributed by atoms with E-state index < -0.39 is 0 Å². The van der Waals surface area contributed by atoms with Crippen molar-refractivity contribution in [3.8, 4) is 6.07 Å². The van der Waals surface area contributed by atoms with Gasteiger partial charge in [0, 0.05) is 28.3 Å². The predicted molar refractivity (Wildman–Crippen MR) is 98.1 cm³/mol. The molecular weight excluding hydrogens is 336 g/mol. The molecule has 0 fully saturated rings. The van der Waals surface area contributed by atoms with Crippen LogP contribution in [0.2, 0.25) is 5.02 Å². The second-order valence-electron chi connectivity index (χ2n) is 5.21. The molecular formula is C19H13ClN4O. The molecule has 2 N–H and O–H groups in total. The molecule has 2 aromatic carbocycles. The molecule has 0 atom stereocenters. The molecule has 3 rings (SSSR count). The van der Waals surface area contributed by atoms with Crippen LogP contribution in [0.15, 0.2) is 66.9 Å². The average Bonchev–Trinajstić information content (AvgIpc) is 2.62. The molecule has 1 heterocycles. The van der Waals surface area contributed by atoms with Crippen LogP contribution in [0, 0.1) is 11.3 Å². The largest absolute Gasteiger partial charge is 0.355 e. The summed E-state index contributed by atoms with van der Waals surface area (Å²) in [4.78, 5) is 16.4. The molecule has 0 aliphatic carbocycles. The number of aromatic nitrogens is 1. The Bertz CT molecular complexity index is 965. The number of anilines is 3. The van der Waals surface area contributed by atoms with E-state index in [9.17, 15) is 4.79 Å². The van der Waals surface area contributed by atoms with E-state index in [1.807, 2.05) is 6.07 Å². The van der Waals surface area contributed by atoms with Gasteiger partial charge in [0.25, 0.3) is 5.91 Å². The molecule has 25 heavy (non-hydrogen) atoms. The molecule has 0 radical (unpaired) electrons. The lowest BCUT2D eigenvalue weighted by atomic mass is 10.2. The van der Waals surface area contributed by atoms with Crippen molar-refractivity contribution in [2.75, 3.05) is 10.6 Å². The summed E-state index contributed by atoms with van der Waals surface area (Å²) < 4.78 is 0. The lowest BCUT2D eigenvalue weighted by molar-refractivity contribution is 0.102. The van der Waals surface area contributed by atoms with E-state index in [2.05, 4.69) is 21.7 Å². The van der Waals surface area contributed by atoms with Crippen LogP contribution < -0.4 is 10.6 Å². The van der Waals surface area contributed by atoms with E-state index in [0.29, 0.717) is 22.0 Å². The fraction of sp³-hybridized carbons (Fsp3) is 0. The van der Waals surface area contributed by atoms with E-state index >= 15 is 0 Å². The maximum Gasteiger partial charge on any atom is 0.274 e. The normalized spacial score (nSPS) is 9.92. The van der Waals surface area contributed by atoms with Gasteiger partial charge >= 0.3 is 0 Å². The van der Waals surface area contributed by atoms with Gasteiger partial charge in [-0.3, -0.25) is 9.78 Å². The highest BCUT2D eigenvalue weighted by Crippen LogP contribution is 2.19. The first-order valence-electron chi connectivity index (χ1n) is 7.44. The minimum Gasteiger partial charge on any atom is -0.355 e. The highest BCUT2D eigenvalue weighted by molar-refractivity contribution is 6.30. The van der Waals surface area contributed by atoms with Crippen LogP contribution in [0.4, 0.5) is 17.1 Å². The zero-order valence-electron chi connectivity index (χ0n) is 13.0. The molecule has 0 aliphatic rings. The Kier molecular flexibility index (Phi) is 4.93. The van der Waals surface area contributed by atoms with Crippen LogP contribution in [-0.2, 0) is 0 Å². The number of hydrogen-bond donors (Lipinski definition) is 2. The lowest BCUT2D eigenvalue weighted by Gasteiger charge is -2.09. The highest BCUT2D eigenvalue weighted by atomic mass is 35.5. The molecule has 0 saturated heterocycles. The van der Waals surface area contributed by atoms with Gasteiger partial charge in [-0.15, -0.1) is 0 Å². The summed E-state index contributed by atoms with van der Waals surface area (Å²) in [6.07, 6.45) is 1.55. The molecule has 0 unspecified atom stereocenters. The number of rotatable bonds is 4. The van der Waals surface area contributed by atoms with Gasteiger partial charge in [-0.1, -0.05) is 23.7 Å². The van der Waals surface area contributed by atoms with E-state index in [0.717, 1.165) is 5.69 Å². The van der Waals surface area contributed by atoms with Crippen LogP contribution in [0.3, 0.4) is 0 Å². The number of halogens is 1. The maximum atomic E-state index is 12.3. The predicted octanol–water partition coefficient (Wildman–Crippen LogP) is 4.60. The third kappa shape index (κ3) is 4.34. The molecule has 122 valence electrons. The van der Waals surface area contributed by atoms with Crippen molar-refractivity contribution in [3.63, 3.8) is 0 Å². The molecule has 6 heteroatoms. The number of nitrogens with one attached hydrogen (secondary N) is 2. The molecule has 3 aromatic rings. The minimum absolute atomic E-state index is 0.265. The quantitative estimate of drug-likeness (QED) is 0.722. The summed E-state index contributed by atoms with van der Waals surface area (Å²) in [6, 6.07) is 19.4. The standard InChI is InChI=1S/C19H13ClN4O/c20-14-4-2-6-16(10-14)24-19(25)18-11-17(7-8-22-18)23-15-5-1-3-13(9-15)12-21/h1-11H,(H,22,23)(H,24,25). The Morgan fingerprint density at radius 1 is 1.00 bits per heavy atom. The van der Waals surface area contributed by atoms with Gasteiger partial charge in [0.1, 0.15) is 5.69 Å². The minimum atomic E-state index is -0.336. The van der Waals surface area contributed by atoms with Crippen molar-refractivity contribution in [1.29, 1.82) is 5.26 Å². The van der Waals surface area contributed by atoms with Crippen LogP contribution in [0.5, 0.6) is 0 Å². The van der Waals surface area contributed by atoms with Crippen molar-refractivity contribution in [1.82, 2.24) is 4.98 Å². The van der Waals surface area contributed by atoms with Gasteiger partial charge in [0.2, 0.25) is 0 Å². The van der Waals surface area contributed by atoms with Gasteiger partial charge < -0.3 is 10.6 Å². The zero-order valence-corrected chi connectivity index (χ0v) is 13.8. The maximum absolute atomic E-state index is 12.3. The third-order valence-electron chi connectivity index (χ3n) is 3.36. The highest BCUT2D eigenvalue weighted by Gasteiger charge is 2.09. The SMILES string of the molecule is N#Cc1cccc(Nc2ccnc(C(=O)Nc3cccc(Cl)c3)c2)c1. The van der Waals surface area contributed by atoms with Crippen molar-refractivity contribution < 1.29 is 4.79 Å². The first-order chi connectivity index (χ1) is 12.1. The Morgan fingerprint density at radius 2 is 1.76 bits per heavy atom. The molecule has 0 aliphatic heterocycles. The van der Waals surface area contributed by atoms with Crippen LogP contribution in [0.25, 0.3) is 0 Å². The Labute approximate surface area is 149 Å². The number of nitrogens with zero attached hydrogens (tertiary/aromatic N) is 2. The molecule has 0 saturated carbocycles. The van der Waals surface area contributed by atoms with E-state index in [1.54, 1.807) is 60.8 Å². The fourth-order valence-electron chi connectivity index (χ4n) is 2.23. The molecule has 0 spiro atoms. The summed E-state index contributed by atoms with van der Waals surface area (Å²) >= 11 is 5.91. The van der Waals surface area contributed by atoms with Crippen molar-refractivity contribution in [3.05, 3.63) is 83.1 Å². The molecule has 1 aromatic heterocycles. The van der Waals surface area contributed by atoms with Gasteiger partial charge in [-0.2, -0.15) is 5.26 Å². The first kappa shape index (κ1) is 16.5. The summed E-state index contributed by atoms with van der Waals surface area (Å²) in [5, 5.41) is 15.4. The monoisotopic (exact) mass is 348 g/mol. The van der Waals surface area contributed by atoms with Crippen LogP contribution in [0.1, 0.15) is 16.1 Å². The average molecular weight is 349 g/mol. The van der Waals surface area contributed by atoms with Gasteiger partial charge in [0.15, 0.2) is 0 Å². The smallest absolute Gasteiger partial charge is 0.274 e. The second-order valence-corrected chi connectivity index (χ2v) is 5.65. The number of nitriles is 1. The number of hydrogen-bond acceptors (Lipinski definition) is 4. The molecule has 0 bridgehead atoms. The number of amides is 1. The van der Waals surface area contributed by atoms with Crippen LogP contribution in [-0.4, -0.2) is 10.9 Å².